The Morgan fingerprint density at radius 2 is 1.73 bits per heavy atom. The number of ether oxygens (including phenoxy) is 1. The lowest BCUT2D eigenvalue weighted by Crippen LogP contribution is -2.55. The number of nitrogens with zero attached hydrogens (tertiary/aromatic N) is 5. The Hall–Kier alpha value is -2.78. The summed E-state index contributed by atoms with van der Waals surface area (Å²) in [7, 11) is 0. The fraction of sp³-hybridized carbons (Fsp3) is 0.622. The summed E-state index contributed by atoms with van der Waals surface area (Å²) >= 11 is 0. The molecule has 8 heteroatoms. The second-order valence-electron chi connectivity index (χ2n) is 13.4. The first kappa shape index (κ1) is 33.6. The van der Waals surface area contributed by atoms with Gasteiger partial charge >= 0.3 is 0 Å². The van der Waals surface area contributed by atoms with Crippen molar-refractivity contribution in [3.8, 4) is 0 Å². The third-order valence-electron chi connectivity index (χ3n) is 9.53. The third kappa shape index (κ3) is 8.73. The van der Waals surface area contributed by atoms with Crippen LogP contribution in [0.2, 0.25) is 0 Å². The van der Waals surface area contributed by atoms with Gasteiger partial charge in [-0.15, -0.1) is 0 Å². The lowest BCUT2D eigenvalue weighted by Gasteiger charge is -2.41. The van der Waals surface area contributed by atoms with E-state index in [-0.39, 0.29) is 19.1 Å². The molecule has 0 aliphatic carbocycles. The molecule has 0 bridgehead atoms. The van der Waals surface area contributed by atoms with Crippen LogP contribution < -0.4 is 15.8 Å². The number of hydrogen-bond donors (Lipinski definition) is 1. The van der Waals surface area contributed by atoms with Crippen molar-refractivity contribution in [2.24, 2.45) is 0 Å². The summed E-state index contributed by atoms with van der Waals surface area (Å²) in [6.45, 7) is 19.1. The van der Waals surface area contributed by atoms with E-state index in [1.165, 1.54) is 5.56 Å². The van der Waals surface area contributed by atoms with Crippen LogP contribution in [0.1, 0.15) is 79.2 Å². The van der Waals surface area contributed by atoms with Crippen LogP contribution in [0, 0.1) is 0 Å². The monoisotopic (exact) mass is 618 g/mol. The van der Waals surface area contributed by atoms with Crippen LogP contribution in [-0.2, 0) is 17.7 Å². The number of anilines is 1. The van der Waals surface area contributed by atoms with E-state index in [2.05, 4.69) is 103 Å². The second kappa shape index (κ2) is 16.2. The van der Waals surface area contributed by atoms with E-state index in [0.29, 0.717) is 24.0 Å². The average molecular weight is 619 g/mol. The summed E-state index contributed by atoms with van der Waals surface area (Å²) in [4.78, 5) is 26.8. The maximum absolute atomic E-state index is 14.1. The fourth-order valence-corrected chi connectivity index (χ4v) is 7.33. The zero-order valence-electron chi connectivity index (χ0n) is 28.4. The molecule has 2 fully saturated rings. The minimum absolute atomic E-state index is 0. The van der Waals surface area contributed by atoms with Crippen molar-refractivity contribution in [1.82, 2.24) is 24.7 Å². The molecule has 2 aliphatic rings. The Labute approximate surface area is 272 Å². The van der Waals surface area contributed by atoms with Gasteiger partial charge in [0, 0.05) is 65.0 Å². The highest BCUT2D eigenvalue weighted by atomic mass is 16.5. The van der Waals surface area contributed by atoms with Crippen LogP contribution in [0.15, 0.2) is 53.3 Å². The van der Waals surface area contributed by atoms with Crippen LogP contribution in [0.4, 0.5) is 5.69 Å². The summed E-state index contributed by atoms with van der Waals surface area (Å²) in [5.74, 6) is 0.917. The molecule has 5 rings (SSSR count). The van der Waals surface area contributed by atoms with Gasteiger partial charge in [0.05, 0.1) is 29.7 Å². The van der Waals surface area contributed by atoms with Gasteiger partial charge in [-0.25, -0.2) is 4.98 Å². The molecule has 0 unspecified atom stereocenters. The van der Waals surface area contributed by atoms with E-state index < -0.39 is 0 Å². The zero-order valence-corrected chi connectivity index (χ0v) is 28.4. The van der Waals surface area contributed by atoms with Gasteiger partial charge in [-0.05, 0) is 83.7 Å². The van der Waals surface area contributed by atoms with Gasteiger partial charge in [0.15, 0.2) is 0 Å². The highest BCUT2D eigenvalue weighted by Gasteiger charge is 2.31. The highest BCUT2D eigenvalue weighted by Crippen LogP contribution is 2.28. The number of hydrogen-bond acceptors (Lipinski definition) is 7. The van der Waals surface area contributed by atoms with Gasteiger partial charge in [-0.3, -0.25) is 14.3 Å². The molecular formula is C37H58N6O2. The molecule has 2 aromatic carbocycles. The summed E-state index contributed by atoms with van der Waals surface area (Å²) in [6, 6.07) is 18.0. The SMILES string of the molecule is CCC[C@@H](c1nc2ccc(N3CCCCN(CCc4ccccc4)CCO[C@@H](C)C3)cc2c(=O)n1CC)N1C[C@@H](C)N[C@@H](C)C1.[HH]. The van der Waals surface area contributed by atoms with Gasteiger partial charge in [-0.2, -0.15) is 0 Å². The number of fused-ring (bicyclic) bond motifs is 1. The van der Waals surface area contributed by atoms with Crippen molar-refractivity contribution in [3.63, 3.8) is 0 Å². The predicted molar refractivity (Wildman–Crippen MR) is 189 cm³/mol. The first-order chi connectivity index (χ1) is 21.9. The number of benzene rings is 2. The largest absolute Gasteiger partial charge is 0.375 e. The Bertz CT molecular complexity index is 1410. The molecule has 248 valence electrons. The molecule has 0 spiro atoms. The minimum atomic E-state index is 0. The standard InChI is InChI=1S/C37H56N6O2.H2/c1-6-13-35(42-25-28(3)38-29(4)26-42)36-39-34-17-16-32(24-33(34)37(44)43(36)7-2)41-20-12-11-19-40(22-23-45-30(5)27-41)21-18-31-14-9-8-10-15-31;/h8-10,14-17,24,28-30,35,38H,6-7,11-13,18-23,25-27H2,1-5H3;1H/t28-,29+,30-,35-;/m0./s1. The maximum Gasteiger partial charge on any atom is 0.261 e. The van der Waals surface area contributed by atoms with Gasteiger partial charge in [0.25, 0.3) is 5.56 Å². The first-order valence-electron chi connectivity index (χ1n) is 17.5. The molecule has 45 heavy (non-hydrogen) atoms. The molecule has 3 heterocycles. The molecule has 2 aliphatic heterocycles. The summed E-state index contributed by atoms with van der Waals surface area (Å²) in [5, 5.41) is 4.37. The van der Waals surface area contributed by atoms with Gasteiger partial charge in [-0.1, -0.05) is 43.7 Å². The van der Waals surface area contributed by atoms with Crippen LogP contribution in [0.3, 0.4) is 0 Å². The molecule has 1 aromatic heterocycles. The van der Waals surface area contributed by atoms with Crippen molar-refractivity contribution < 1.29 is 6.16 Å². The van der Waals surface area contributed by atoms with Crippen molar-refractivity contribution in [2.45, 2.75) is 97.5 Å². The maximum atomic E-state index is 14.1. The van der Waals surface area contributed by atoms with Crippen LogP contribution in [0.5, 0.6) is 0 Å². The minimum Gasteiger partial charge on any atom is -0.375 e. The van der Waals surface area contributed by atoms with Gasteiger partial charge in [0.1, 0.15) is 5.82 Å². The smallest absolute Gasteiger partial charge is 0.261 e. The van der Waals surface area contributed by atoms with Gasteiger partial charge < -0.3 is 19.9 Å². The van der Waals surface area contributed by atoms with E-state index in [9.17, 15) is 4.79 Å². The highest BCUT2D eigenvalue weighted by molar-refractivity contribution is 5.82. The van der Waals surface area contributed by atoms with Crippen LogP contribution in [-0.4, -0.2) is 90.0 Å². The molecule has 0 radical (unpaired) electrons. The van der Waals surface area contributed by atoms with Crippen molar-refractivity contribution in [1.29, 1.82) is 0 Å². The number of aromatic nitrogens is 2. The lowest BCUT2D eigenvalue weighted by molar-refractivity contribution is 0.0538. The Kier molecular flexibility index (Phi) is 12.1. The molecule has 8 nitrogen and oxygen atoms in total. The van der Waals surface area contributed by atoms with Crippen LogP contribution >= 0.6 is 0 Å². The summed E-state index contributed by atoms with van der Waals surface area (Å²) < 4.78 is 8.26. The van der Waals surface area contributed by atoms with E-state index >= 15 is 0 Å². The zero-order chi connectivity index (χ0) is 31.8. The van der Waals surface area contributed by atoms with Crippen molar-refractivity contribution in [3.05, 3.63) is 70.3 Å². The average Bonchev–Trinajstić information content (AvgIpc) is 3.07. The molecule has 0 amide bonds. The van der Waals surface area contributed by atoms with E-state index in [4.69, 9.17) is 9.72 Å². The topological polar surface area (TPSA) is 65.9 Å². The third-order valence-corrected chi connectivity index (χ3v) is 9.53. The first-order valence-corrected chi connectivity index (χ1v) is 17.5. The molecule has 4 atom stereocenters. The number of piperazine rings is 1. The van der Waals surface area contributed by atoms with E-state index in [1.54, 1.807) is 0 Å². The second-order valence-corrected chi connectivity index (χ2v) is 13.4. The molecule has 2 saturated heterocycles. The fourth-order valence-electron chi connectivity index (χ4n) is 7.33. The Morgan fingerprint density at radius 1 is 0.978 bits per heavy atom. The summed E-state index contributed by atoms with van der Waals surface area (Å²) in [6.07, 6.45) is 5.45. The molecule has 1 N–H and O–H groups in total. The number of rotatable bonds is 9. The van der Waals surface area contributed by atoms with E-state index in [1.807, 2.05) is 4.57 Å². The molecule has 3 aromatic rings. The number of nitrogens with one attached hydrogen (secondary N) is 1. The quantitative estimate of drug-likeness (QED) is 0.328. The van der Waals surface area contributed by atoms with Crippen LogP contribution in [0.25, 0.3) is 10.9 Å². The molecular weight excluding hydrogens is 560 g/mol. The van der Waals surface area contributed by atoms with Gasteiger partial charge in [0.2, 0.25) is 0 Å². The van der Waals surface area contributed by atoms with E-state index in [0.717, 1.165) is 102 Å². The normalized spacial score (nSPS) is 23.6. The lowest BCUT2D eigenvalue weighted by atomic mass is 10.0. The van der Waals surface area contributed by atoms with Crippen molar-refractivity contribution >= 4 is 16.6 Å². The van der Waals surface area contributed by atoms with Crippen molar-refractivity contribution in [2.75, 3.05) is 57.3 Å². The predicted octanol–water partition coefficient (Wildman–Crippen LogP) is 5.74. The molecule has 0 saturated carbocycles. The Balaban J connectivity index is 0.00000480. The summed E-state index contributed by atoms with van der Waals surface area (Å²) in [5.41, 5.74) is 3.36. The Morgan fingerprint density at radius 3 is 2.47 bits per heavy atom.